The summed E-state index contributed by atoms with van der Waals surface area (Å²) in [6, 6.07) is 15.6. The molecule has 2 aromatic rings. The molecule has 0 saturated carbocycles. The van der Waals surface area contributed by atoms with Gasteiger partial charge in [0.15, 0.2) is 6.23 Å². The highest BCUT2D eigenvalue weighted by atomic mass is 16.6. The molecular weight excluding hydrogens is 282 g/mol. The molecule has 0 aliphatic rings. The number of rotatable bonds is 5. The van der Waals surface area contributed by atoms with Gasteiger partial charge in [-0.25, -0.2) is 9.59 Å². The van der Waals surface area contributed by atoms with Gasteiger partial charge in [0.1, 0.15) is 0 Å². The van der Waals surface area contributed by atoms with Crippen molar-refractivity contribution < 1.29 is 19.1 Å². The molecule has 0 aromatic heterocycles. The molecule has 0 radical (unpaired) electrons. The van der Waals surface area contributed by atoms with E-state index < -0.39 is 18.2 Å². The standard InChI is InChI=1S/C17H17NO4/c1-21-16(19)13-8-5-9-14(11-13)17(20)22-15(18)10-12-6-3-2-4-7-12/h2-9,11,15H,10,18H2,1H3. The molecule has 0 fully saturated rings. The monoisotopic (exact) mass is 299 g/mol. The van der Waals surface area contributed by atoms with Crippen LogP contribution in [0.15, 0.2) is 54.6 Å². The topological polar surface area (TPSA) is 78.6 Å². The van der Waals surface area contributed by atoms with E-state index in [4.69, 9.17) is 10.5 Å². The van der Waals surface area contributed by atoms with E-state index in [0.717, 1.165) is 5.56 Å². The van der Waals surface area contributed by atoms with E-state index in [1.54, 1.807) is 18.2 Å². The van der Waals surface area contributed by atoms with E-state index in [1.807, 2.05) is 30.3 Å². The second-order valence-corrected chi connectivity index (χ2v) is 4.71. The number of hydrogen-bond donors (Lipinski definition) is 1. The van der Waals surface area contributed by atoms with Crippen molar-refractivity contribution in [3.8, 4) is 0 Å². The third kappa shape index (κ3) is 4.17. The van der Waals surface area contributed by atoms with Crippen molar-refractivity contribution in [1.29, 1.82) is 0 Å². The maximum atomic E-state index is 12.1. The van der Waals surface area contributed by atoms with Crippen LogP contribution < -0.4 is 5.73 Å². The molecule has 0 spiro atoms. The fourth-order valence-electron chi connectivity index (χ4n) is 1.98. The smallest absolute Gasteiger partial charge is 0.339 e. The zero-order chi connectivity index (χ0) is 15.9. The Balaban J connectivity index is 2.01. The maximum Gasteiger partial charge on any atom is 0.339 e. The molecule has 5 nitrogen and oxygen atoms in total. The molecule has 0 heterocycles. The highest BCUT2D eigenvalue weighted by molar-refractivity contribution is 5.95. The maximum absolute atomic E-state index is 12.1. The number of methoxy groups -OCH3 is 1. The Labute approximate surface area is 128 Å². The second-order valence-electron chi connectivity index (χ2n) is 4.71. The number of nitrogens with two attached hydrogens (primary N) is 1. The predicted molar refractivity (Wildman–Crippen MR) is 81.3 cm³/mol. The molecule has 5 heteroatoms. The summed E-state index contributed by atoms with van der Waals surface area (Å²) in [5, 5.41) is 0. The van der Waals surface area contributed by atoms with Crippen LogP contribution in [-0.2, 0) is 15.9 Å². The van der Waals surface area contributed by atoms with E-state index in [0.29, 0.717) is 6.42 Å². The van der Waals surface area contributed by atoms with Crippen LogP contribution in [0, 0.1) is 0 Å². The van der Waals surface area contributed by atoms with E-state index in [1.165, 1.54) is 13.2 Å². The molecule has 1 atom stereocenters. The summed E-state index contributed by atoms with van der Waals surface area (Å²) < 4.78 is 9.81. The van der Waals surface area contributed by atoms with Gasteiger partial charge in [0.05, 0.1) is 18.2 Å². The fraction of sp³-hybridized carbons (Fsp3) is 0.176. The first-order chi connectivity index (χ1) is 10.6. The Morgan fingerprint density at radius 3 is 2.27 bits per heavy atom. The highest BCUT2D eigenvalue weighted by Crippen LogP contribution is 2.10. The zero-order valence-electron chi connectivity index (χ0n) is 12.2. The number of ether oxygens (including phenoxy) is 2. The van der Waals surface area contributed by atoms with Crippen LogP contribution in [0.4, 0.5) is 0 Å². The minimum atomic E-state index is -0.753. The molecule has 2 N–H and O–H groups in total. The number of carbonyl (C=O) groups is 2. The molecule has 0 amide bonds. The first-order valence-electron chi connectivity index (χ1n) is 6.79. The second kappa shape index (κ2) is 7.38. The fourth-order valence-corrected chi connectivity index (χ4v) is 1.98. The molecule has 0 saturated heterocycles. The first kappa shape index (κ1) is 15.7. The van der Waals surface area contributed by atoms with Gasteiger partial charge < -0.3 is 9.47 Å². The number of hydrogen-bond acceptors (Lipinski definition) is 5. The molecule has 2 aromatic carbocycles. The lowest BCUT2D eigenvalue weighted by Gasteiger charge is -2.13. The van der Waals surface area contributed by atoms with Crippen molar-refractivity contribution in [2.45, 2.75) is 12.6 Å². The summed E-state index contributed by atoms with van der Waals surface area (Å²) in [6.07, 6.45) is -0.333. The van der Waals surface area contributed by atoms with Gasteiger partial charge in [-0.3, -0.25) is 5.73 Å². The summed E-state index contributed by atoms with van der Waals surface area (Å²) in [5.74, 6) is -1.09. The number of esters is 2. The van der Waals surface area contributed by atoms with Crippen molar-refractivity contribution in [3.63, 3.8) is 0 Å². The molecule has 0 aliphatic carbocycles. The summed E-state index contributed by atoms with van der Waals surface area (Å²) >= 11 is 0. The van der Waals surface area contributed by atoms with Gasteiger partial charge in [0, 0.05) is 6.42 Å². The number of carbonyl (C=O) groups excluding carboxylic acids is 2. The Morgan fingerprint density at radius 2 is 1.64 bits per heavy atom. The van der Waals surface area contributed by atoms with Gasteiger partial charge in [-0.05, 0) is 23.8 Å². The molecule has 1 unspecified atom stereocenters. The first-order valence-corrected chi connectivity index (χ1v) is 6.79. The van der Waals surface area contributed by atoms with Gasteiger partial charge in [-0.15, -0.1) is 0 Å². The molecule has 2 rings (SSSR count). The summed E-state index contributed by atoms with van der Waals surface area (Å²) in [7, 11) is 1.28. The lowest BCUT2D eigenvalue weighted by Crippen LogP contribution is -2.29. The summed E-state index contributed by atoms with van der Waals surface area (Å²) in [4.78, 5) is 23.5. The Kier molecular flexibility index (Phi) is 5.27. The van der Waals surface area contributed by atoms with Gasteiger partial charge in [-0.1, -0.05) is 36.4 Å². The third-order valence-corrected chi connectivity index (χ3v) is 3.06. The predicted octanol–water partition coefficient (Wildman–Crippen LogP) is 2.16. The molecule has 22 heavy (non-hydrogen) atoms. The van der Waals surface area contributed by atoms with Crippen LogP contribution in [0.3, 0.4) is 0 Å². The summed E-state index contributed by atoms with van der Waals surface area (Å²) in [5.41, 5.74) is 7.35. The van der Waals surface area contributed by atoms with Crippen LogP contribution in [0.1, 0.15) is 26.3 Å². The van der Waals surface area contributed by atoms with E-state index in [2.05, 4.69) is 4.74 Å². The summed E-state index contributed by atoms with van der Waals surface area (Å²) in [6.45, 7) is 0. The Hall–Kier alpha value is -2.66. The quantitative estimate of drug-likeness (QED) is 0.676. The van der Waals surface area contributed by atoms with Gasteiger partial charge in [0.25, 0.3) is 0 Å². The number of benzene rings is 2. The van der Waals surface area contributed by atoms with E-state index in [9.17, 15) is 9.59 Å². The van der Waals surface area contributed by atoms with Gasteiger partial charge in [-0.2, -0.15) is 0 Å². The molecular formula is C17H17NO4. The molecule has 114 valence electrons. The minimum absolute atomic E-state index is 0.256. The van der Waals surface area contributed by atoms with Crippen LogP contribution in [0.2, 0.25) is 0 Å². The Bertz CT molecular complexity index is 655. The largest absolute Gasteiger partial charge is 0.465 e. The van der Waals surface area contributed by atoms with Gasteiger partial charge in [0.2, 0.25) is 0 Å². The molecule has 0 bridgehead atoms. The van der Waals surface area contributed by atoms with Crippen LogP contribution in [-0.4, -0.2) is 25.3 Å². The lowest BCUT2D eigenvalue weighted by atomic mass is 10.1. The zero-order valence-corrected chi connectivity index (χ0v) is 12.2. The van der Waals surface area contributed by atoms with Crippen molar-refractivity contribution in [2.75, 3.05) is 7.11 Å². The highest BCUT2D eigenvalue weighted by Gasteiger charge is 2.15. The lowest BCUT2D eigenvalue weighted by molar-refractivity contribution is 0.0317. The van der Waals surface area contributed by atoms with Gasteiger partial charge >= 0.3 is 11.9 Å². The third-order valence-electron chi connectivity index (χ3n) is 3.06. The van der Waals surface area contributed by atoms with Crippen molar-refractivity contribution in [1.82, 2.24) is 0 Å². The Morgan fingerprint density at radius 1 is 1.00 bits per heavy atom. The molecule has 0 aliphatic heterocycles. The van der Waals surface area contributed by atoms with Crippen molar-refractivity contribution in [2.24, 2.45) is 5.73 Å². The van der Waals surface area contributed by atoms with Crippen molar-refractivity contribution in [3.05, 3.63) is 71.3 Å². The average Bonchev–Trinajstić information content (AvgIpc) is 2.55. The van der Waals surface area contributed by atoms with Crippen molar-refractivity contribution >= 4 is 11.9 Å². The van der Waals surface area contributed by atoms with E-state index in [-0.39, 0.29) is 11.1 Å². The normalized spacial score (nSPS) is 11.5. The van der Waals surface area contributed by atoms with E-state index >= 15 is 0 Å². The SMILES string of the molecule is COC(=O)c1cccc(C(=O)OC(N)Cc2ccccc2)c1. The van der Waals surface area contributed by atoms with Crippen LogP contribution >= 0.6 is 0 Å². The van der Waals surface area contributed by atoms with Crippen LogP contribution in [0.5, 0.6) is 0 Å². The van der Waals surface area contributed by atoms with Crippen LogP contribution in [0.25, 0.3) is 0 Å². The minimum Gasteiger partial charge on any atom is -0.465 e. The average molecular weight is 299 g/mol.